The highest BCUT2D eigenvalue weighted by atomic mass is 127. The van der Waals surface area contributed by atoms with E-state index in [0.29, 0.717) is 14.9 Å². The fourth-order valence-corrected chi connectivity index (χ4v) is 1.78. The van der Waals surface area contributed by atoms with Crippen LogP contribution in [0.1, 0.15) is 5.56 Å². The van der Waals surface area contributed by atoms with E-state index in [0.717, 1.165) is 0 Å². The van der Waals surface area contributed by atoms with E-state index >= 15 is 0 Å². The number of phenolic OH excluding ortho intramolecular Hbond substituents is 1. The predicted molar refractivity (Wildman–Crippen MR) is 77.2 cm³/mol. The van der Waals surface area contributed by atoms with Crippen LogP contribution < -0.4 is 15.5 Å². The number of nitrogens with zero attached hydrogens (tertiary/aromatic N) is 1. The van der Waals surface area contributed by atoms with Crippen molar-refractivity contribution in [3.8, 4) is 11.5 Å². The van der Waals surface area contributed by atoms with Gasteiger partial charge in [0, 0.05) is 7.05 Å². The molecule has 0 unspecified atom stereocenters. The number of benzene rings is 1. The molecule has 19 heavy (non-hydrogen) atoms. The molecular formula is C11H12IN3O4. The van der Waals surface area contributed by atoms with Crippen LogP contribution in [0.2, 0.25) is 0 Å². The minimum Gasteiger partial charge on any atom is -0.504 e. The Hall–Kier alpha value is -1.84. The Kier molecular flexibility index (Phi) is 5.55. The topological polar surface area (TPSA) is 100 Å². The van der Waals surface area contributed by atoms with Gasteiger partial charge < -0.3 is 15.2 Å². The molecule has 2 amide bonds. The zero-order valence-electron chi connectivity index (χ0n) is 10.2. The summed E-state index contributed by atoms with van der Waals surface area (Å²) in [4.78, 5) is 22.0. The van der Waals surface area contributed by atoms with Crippen molar-refractivity contribution >= 4 is 40.6 Å². The Morgan fingerprint density at radius 2 is 2.11 bits per heavy atom. The fourth-order valence-electron chi connectivity index (χ4n) is 1.15. The van der Waals surface area contributed by atoms with Gasteiger partial charge in [-0.1, -0.05) is 0 Å². The van der Waals surface area contributed by atoms with Gasteiger partial charge in [-0.15, -0.1) is 0 Å². The minimum atomic E-state index is -0.862. The molecule has 0 saturated heterocycles. The second-order valence-electron chi connectivity index (χ2n) is 3.33. The number of hydrazone groups is 1. The standard InChI is InChI=1S/C11H12IN3O4/c1-13-10(17)11(18)15-14-5-6-3-7(12)9(16)8(4-6)19-2/h3-5,16H,1-2H3,(H,13,17)(H,15,18)/b14-5-. The van der Waals surface area contributed by atoms with Crippen LogP contribution in [0.4, 0.5) is 0 Å². The number of likely N-dealkylation sites (N-methyl/N-ethyl adjacent to an activating group) is 1. The first-order chi connectivity index (χ1) is 8.99. The molecule has 0 aliphatic rings. The molecule has 1 aromatic rings. The van der Waals surface area contributed by atoms with Gasteiger partial charge in [-0.25, -0.2) is 5.43 Å². The van der Waals surface area contributed by atoms with Crippen molar-refractivity contribution < 1.29 is 19.4 Å². The Morgan fingerprint density at radius 1 is 1.42 bits per heavy atom. The molecule has 1 aromatic carbocycles. The normalized spacial score (nSPS) is 10.3. The van der Waals surface area contributed by atoms with E-state index in [1.165, 1.54) is 20.4 Å². The van der Waals surface area contributed by atoms with E-state index < -0.39 is 11.8 Å². The van der Waals surface area contributed by atoms with Crippen molar-refractivity contribution in [2.45, 2.75) is 0 Å². The highest BCUT2D eigenvalue weighted by Gasteiger charge is 2.10. The lowest BCUT2D eigenvalue weighted by Crippen LogP contribution is -2.35. The van der Waals surface area contributed by atoms with Crippen LogP contribution >= 0.6 is 22.6 Å². The average Bonchev–Trinajstić information content (AvgIpc) is 2.41. The van der Waals surface area contributed by atoms with E-state index in [9.17, 15) is 14.7 Å². The summed E-state index contributed by atoms with van der Waals surface area (Å²) in [5, 5.41) is 15.4. The summed E-state index contributed by atoms with van der Waals surface area (Å²) >= 11 is 1.94. The van der Waals surface area contributed by atoms with E-state index in [-0.39, 0.29) is 5.75 Å². The van der Waals surface area contributed by atoms with Crippen LogP contribution in [0, 0.1) is 3.57 Å². The first kappa shape index (κ1) is 15.2. The molecule has 0 spiro atoms. The van der Waals surface area contributed by atoms with Crippen molar-refractivity contribution in [3.63, 3.8) is 0 Å². The van der Waals surface area contributed by atoms with Gasteiger partial charge >= 0.3 is 11.8 Å². The maximum atomic E-state index is 11.1. The number of amides is 2. The lowest BCUT2D eigenvalue weighted by Gasteiger charge is -2.06. The Bertz CT molecular complexity index is 531. The number of nitrogens with one attached hydrogen (secondary N) is 2. The number of hydrogen-bond donors (Lipinski definition) is 3. The lowest BCUT2D eigenvalue weighted by molar-refractivity contribution is -0.138. The molecule has 0 bridgehead atoms. The van der Waals surface area contributed by atoms with Gasteiger partial charge in [0.25, 0.3) is 0 Å². The van der Waals surface area contributed by atoms with Gasteiger partial charge in [0.15, 0.2) is 11.5 Å². The Balaban J connectivity index is 2.80. The molecule has 0 aromatic heterocycles. The summed E-state index contributed by atoms with van der Waals surface area (Å²) in [6.45, 7) is 0. The third kappa shape index (κ3) is 4.09. The highest BCUT2D eigenvalue weighted by molar-refractivity contribution is 14.1. The third-order valence-corrected chi connectivity index (χ3v) is 2.91. The molecule has 0 radical (unpaired) electrons. The number of carbonyl (C=O) groups is 2. The van der Waals surface area contributed by atoms with Gasteiger partial charge in [0.2, 0.25) is 0 Å². The molecular weight excluding hydrogens is 365 g/mol. The molecule has 0 aliphatic carbocycles. The highest BCUT2D eigenvalue weighted by Crippen LogP contribution is 2.31. The van der Waals surface area contributed by atoms with Crippen LogP contribution in [0.3, 0.4) is 0 Å². The second kappa shape index (κ2) is 6.92. The van der Waals surface area contributed by atoms with Gasteiger partial charge in [-0.05, 0) is 40.3 Å². The molecule has 8 heteroatoms. The molecule has 0 saturated carbocycles. The smallest absolute Gasteiger partial charge is 0.329 e. The number of ether oxygens (including phenoxy) is 1. The van der Waals surface area contributed by atoms with E-state index in [2.05, 4.69) is 15.8 Å². The SMILES string of the molecule is CNC(=O)C(=O)N/N=C\c1cc(I)c(O)c(OC)c1. The number of rotatable bonds is 3. The van der Waals surface area contributed by atoms with Crippen molar-refractivity contribution in [2.75, 3.05) is 14.2 Å². The number of methoxy groups -OCH3 is 1. The van der Waals surface area contributed by atoms with Crippen LogP contribution in [0.25, 0.3) is 0 Å². The minimum absolute atomic E-state index is 0.0367. The van der Waals surface area contributed by atoms with Gasteiger partial charge in [-0.2, -0.15) is 5.10 Å². The van der Waals surface area contributed by atoms with Crippen LogP contribution in [-0.2, 0) is 9.59 Å². The largest absolute Gasteiger partial charge is 0.504 e. The van der Waals surface area contributed by atoms with Gasteiger partial charge in [-0.3, -0.25) is 9.59 Å². The molecule has 0 aliphatic heterocycles. The molecule has 0 atom stereocenters. The summed E-state index contributed by atoms with van der Waals surface area (Å²) in [7, 11) is 2.78. The van der Waals surface area contributed by atoms with E-state index in [1.807, 2.05) is 22.6 Å². The van der Waals surface area contributed by atoms with Gasteiger partial charge in [0.05, 0.1) is 16.9 Å². The van der Waals surface area contributed by atoms with Crippen molar-refractivity contribution in [3.05, 3.63) is 21.3 Å². The van der Waals surface area contributed by atoms with Crippen LogP contribution in [-0.4, -0.2) is 37.3 Å². The maximum Gasteiger partial charge on any atom is 0.329 e. The summed E-state index contributed by atoms with van der Waals surface area (Å²) in [5.41, 5.74) is 2.67. The monoisotopic (exact) mass is 377 g/mol. The van der Waals surface area contributed by atoms with Crippen molar-refractivity contribution in [1.29, 1.82) is 0 Å². The zero-order valence-corrected chi connectivity index (χ0v) is 12.4. The quantitative estimate of drug-likeness (QED) is 0.303. The van der Waals surface area contributed by atoms with E-state index in [4.69, 9.17) is 4.74 Å². The van der Waals surface area contributed by atoms with Crippen molar-refractivity contribution in [2.24, 2.45) is 5.10 Å². The molecule has 0 fully saturated rings. The summed E-state index contributed by atoms with van der Waals surface area (Å²) in [5.74, 6) is -1.31. The molecule has 7 nitrogen and oxygen atoms in total. The third-order valence-electron chi connectivity index (χ3n) is 2.08. The summed E-state index contributed by atoms with van der Waals surface area (Å²) in [6, 6.07) is 3.20. The molecule has 0 heterocycles. The fraction of sp³-hybridized carbons (Fsp3) is 0.182. The summed E-state index contributed by atoms with van der Waals surface area (Å²) < 4.78 is 5.56. The maximum absolute atomic E-state index is 11.1. The Morgan fingerprint density at radius 3 is 2.68 bits per heavy atom. The Labute approximate surface area is 123 Å². The first-order valence-corrected chi connectivity index (χ1v) is 6.19. The van der Waals surface area contributed by atoms with Crippen LogP contribution in [0.15, 0.2) is 17.2 Å². The van der Waals surface area contributed by atoms with E-state index in [1.54, 1.807) is 12.1 Å². The molecule has 1 rings (SSSR count). The summed E-state index contributed by atoms with van der Waals surface area (Å²) in [6.07, 6.45) is 1.34. The average molecular weight is 377 g/mol. The van der Waals surface area contributed by atoms with Gasteiger partial charge in [0.1, 0.15) is 0 Å². The number of phenols is 1. The number of carbonyl (C=O) groups excluding carboxylic acids is 2. The molecule has 102 valence electrons. The second-order valence-corrected chi connectivity index (χ2v) is 4.49. The molecule has 3 N–H and O–H groups in total. The van der Waals surface area contributed by atoms with Crippen molar-refractivity contribution in [1.82, 2.24) is 10.7 Å². The first-order valence-electron chi connectivity index (χ1n) is 5.11. The lowest BCUT2D eigenvalue weighted by atomic mass is 10.2. The predicted octanol–water partition coefficient (Wildman–Crippen LogP) is 0.201. The number of halogens is 1. The number of hydrogen-bond acceptors (Lipinski definition) is 5. The number of aromatic hydroxyl groups is 1. The van der Waals surface area contributed by atoms with Crippen LogP contribution in [0.5, 0.6) is 11.5 Å². The zero-order chi connectivity index (χ0) is 14.4.